The molecule has 5 heteroatoms. The molecule has 0 aliphatic heterocycles. The molecule has 1 unspecified atom stereocenters. The van der Waals surface area contributed by atoms with Crippen molar-refractivity contribution in [3.8, 4) is 0 Å². The minimum Gasteiger partial charge on any atom is -0.393 e. The first-order valence-corrected chi connectivity index (χ1v) is 5.78. The number of unbranched alkanes of at least 4 members (excludes halogenated alkanes) is 2. The summed E-state index contributed by atoms with van der Waals surface area (Å²) >= 11 is 0. The van der Waals surface area contributed by atoms with E-state index >= 15 is 0 Å². The molecule has 1 atom stereocenters. The van der Waals surface area contributed by atoms with Crippen molar-refractivity contribution in [2.24, 2.45) is 0 Å². The minimum absolute atomic E-state index is 0.142. The van der Waals surface area contributed by atoms with Gasteiger partial charge in [0, 0.05) is 6.61 Å². The van der Waals surface area contributed by atoms with Crippen LogP contribution in [0.1, 0.15) is 45.4 Å². The van der Waals surface area contributed by atoms with Gasteiger partial charge in [-0.05, 0) is 19.3 Å². The SMILES string of the molecule is CCCC(O)CCCCCOCC(F)(F)F. The van der Waals surface area contributed by atoms with Crippen LogP contribution in [0.3, 0.4) is 0 Å². The fourth-order valence-corrected chi connectivity index (χ4v) is 1.43. The molecule has 2 nitrogen and oxygen atoms in total. The van der Waals surface area contributed by atoms with Gasteiger partial charge >= 0.3 is 6.18 Å². The second kappa shape index (κ2) is 8.82. The Kier molecular flexibility index (Phi) is 8.66. The van der Waals surface area contributed by atoms with Gasteiger partial charge in [0.05, 0.1) is 6.10 Å². The molecule has 0 radical (unpaired) electrons. The monoisotopic (exact) mass is 242 g/mol. The maximum atomic E-state index is 11.7. The van der Waals surface area contributed by atoms with E-state index in [1.807, 2.05) is 6.92 Å². The third-order valence-electron chi connectivity index (χ3n) is 2.21. The topological polar surface area (TPSA) is 29.5 Å². The lowest BCUT2D eigenvalue weighted by molar-refractivity contribution is -0.174. The van der Waals surface area contributed by atoms with Crippen LogP contribution in [0, 0.1) is 0 Å². The summed E-state index contributed by atoms with van der Waals surface area (Å²) in [5, 5.41) is 9.38. The van der Waals surface area contributed by atoms with E-state index in [1.54, 1.807) is 0 Å². The molecule has 0 amide bonds. The summed E-state index contributed by atoms with van der Waals surface area (Å²) in [4.78, 5) is 0. The summed E-state index contributed by atoms with van der Waals surface area (Å²) in [6, 6.07) is 0. The van der Waals surface area contributed by atoms with Gasteiger partial charge in [-0.15, -0.1) is 0 Å². The fraction of sp³-hybridized carbons (Fsp3) is 1.00. The van der Waals surface area contributed by atoms with Crippen LogP contribution >= 0.6 is 0 Å². The second-order valence-electron chi connectivity index (χ2n) is 3.96. The quantitative estimate of drug-likeness (QED) is 0.629. The van der Waals surface area contributed by atoms with Crippen LogP contribution in [0.4, 0.5) is 13.2 Å². The molecule has 0 aromatic carbocycles. The van der Waals surface area contributed by atoms with Crippen LogP contribution in [-0.2, 0) is 4.74 Å². The molecule has 0 saturated carbocycles. The molecule has 1 N–H and O–H groups in total. The molecule has 0 aromatic heterocycles. The summed E-state index contributed by atoms with van der Waals surface area (Å²) in [5.74, 6) is 0. The van der Waals surface area contributed by atoms with Crippen molar-refractivity contribution in [3.05, 3.63) is 0 Å². The van der Waals surface area contributed by atoms with E-state index in [-0.39, 0.29) is 12.7 Å². The lowest BCUT2D eigenvalue weighted by Crippen LogP contribution is -2.17. The van der Waals surface area contributed by atoms with Crippen molar-refractivity contribution in [2.75, 3.05) is 13.2 Å². The fourth-order valence-electron chi connectivity index (χ4n) is 1.43. The van der Waals surface area contributed by atoms with Crippen molar-refractivity contribution >= 4 is 0 Å². The number of hydrogen-bond donors (Lipinski definition) is 1. The third kappa shape index (κ3) is 11.8. The Hall–Kier alpha value is -0.290. The molecule has 0 saturated heterocycles. The van der Waals surface area contributed by atoms with Gasteiger partial charge in [0.1, 0.15) is 6.61 Å². The Morgan fingerprint density at radius 1 is 1.12 bits per heavy atom. The molecule has 16 heavy (non-hydrogen) atoms. The van der Waals surface area contributed by atoms with E-state index in [2.05, 4.69) is 4.74 Å². The summed E-state index contributed by atoms with van der Waals surface area (Å²) in [7, 11) is 0. The molecule has 98 valence electrons. The molecule has 0 spiro atoms. The van der Waals surface area contributed by atoms with Crippen LogP contribution in [0.5, 0.6) is 0 Å². The van der Waals surface area contributed by atoms with Crippen LogP contribution in [0.25, 0.3) is 0 Å². The van der Waals surface area contributed by atoms with Crippen LogP contribution in [0.15, 0.2) is 0 Å². The number of aliphatic hydroxyl groups excluding tert-OH is 1. The number of rotatable bonds is 9. The van der Waals surface area contributed by atoms with Crippen molar-refractivity contribution in [2.45, 2.75) is 57.7 Å². The minimum atomic E-state index is -4.22. The van der Waals surface area contributed by atoms with Crippen molar-refractivity contribution < 1.29 is 23.0 Å². The molecule has 0 rings (SSSR count). The largest absolute Gasteiger partial charge is 0.411 e. The predicted molar refractivity (Wildman–Crippen MR) is 56.3 cm³/mol. The Labute approximate surface area is 94.8 Å². The van der Waals surface area contributed by atoms with Crippen molar-refractivity contribution in [1.82, 2.24) is 0 Å². The molecule has 0 aliphatic rings. The zero-order valence-electron chi connectivity index (χ0n) is 9.72. The zero-order chi connectivity index (χ0) is 12.4. The Balaban J connectivity index is 3.16. The average Bonchev–Trinajstić information content (AvgIpc) is 2.15. The predicted octanol–water partition coefficient (Wildman–Crippen LogP) is 3.29. The molecule has 0 bridgehead atoms. The lowest BCUT2D eigenvalue weighted by atomic mass is 10.1. The van der Waals surface area contributed by atoms with E-state index in [4.69, 9.17) is 0 Å². The maximum Gasteiger partial charge on any atom is 0.411 e. The first-order chi connectivity index (χ1) is 7.45. The summed E-state index contributed by atoms with van der Waals surface area (Å²) in [6.07, 6.45) is 0.260. The van der Waals surface area contributed by atoms with Crippen molar-refractivity contribution in [1.29, 1.82) is 0 Å². The van der Waals surface area contributed by atoms with Crippen LogP contribution in [0.2, 0.25) is 0 Å². The third-order valence-corrected chi connectivity index (χ3v) is 2.21. The average molecular weight is 242 g/mol. The van der Waals surface area contributed by atoms with Crippen LogP contribution < -0.4 is 0 Å². The van der Waals surface area contributed by atoms with Crippen LogP contribution in [-0.4, -0.2) is 30.6 Å². The summed E-state index contributed by atoms with van der Waals surface area (Å²) in [6.45, 7) is 0.989. The Bertz CT molecular complexity index is 160. The second-order valence-corrected chi connectivity index (χ2v) is 3.96. The van der Waals surface area contributed by atoms with E-state index in [9.17, 15) is 18.3 Å². The lowest BCUT2D eigenvalue weighted by Gasteiger charge is -2.09. The van der Waals surface area contributed by atoms with Gasteiger partial charge < -0.3 is 9.84 Å². The summed E-state index contributed by atoms with van der Waals surface area (Å²) < 4.78 is 39.5. The van der Waals surface area contributed by atoms with Gasteiger partial charge in [0.25, 0.3) is 0 Å². The number of aliphatic hydroxyl groups is 1. The Morgan fingerprint density at radius 3 is 2.38 bits per heavy atom. The Morgan fingerprint density at radius 2 is 1.81 bits per heavy atom. The van der Waals surface area contributed by atoms with E-state index in [0.29, 0.717) is 6.42 Å². The van der Waals surface area contributed by atoms with Gasteiger partial charge in [-0.25, -0.2) is 0 Å². The van der Waals surface area contributed by atoms with Gasteiger partial charge in [-0.2, -0.15) is 13.2 Å². The van der Waals surface area contributed by atoms with Gasteiger partial charge in [0.15, 0.2) is 0 Å². The normalized spacial score (nSPS) is 14.1. The molecule has 0 aromatic rings. The number of alkyl halides is 3. The van der Waals surface area contributed by atoms with Gasteiger partial charge in [0.2, 0.25) is 0 Å². The van der Waals surface area contributed by atoms with E-state index < -0.39 is 12.8 Å². The smallest absolute Gasteiger partial charge is 0.393 e. The number of halogens is 3. The first kappa shape index (κ1) is 15.7. The maximum absolute atomic E-state index is 11.7. The molecule has 0 fully saturated rings. The van der Waals surface area contributed by atoms with Gasteiger partial charge in [-0.1, -0.05) is 26.2 Å². The highest BCUT2D eigenvalue weighted by molar-refractivity contribution is 4.55. The number of ether oxygens (including phenoxy) is 1. The molecule has 0 aliphatic carbocycles. The van der Waals surface area contributed by atoms with Crippen molar-refractivity contribution in [3.63, 3.8) is 0 Å². The van der Waals surface area contributed by atoms with E-state index in [0.717, 1.165) is 32.1 Å². The van der Waals surface area contributed by atoms with E-state index in [1.165, 1.54) is 0 Å². The highest BCUT2D eigenvalue weighted by Gasteiger charge is 2.27. The summed E-state index contributed by atoms with van der Waals surface area (Å²) in [5.41, 5.74) is 0. The number of hydrogen-bond acceptors (Lipinski definition) is 2. The molecule has 0 heterocycles. The molecular weight excluding hydrogens is 221 g/mol. The zero-order valence-corrected chi connectivity index (χ0v) is 9.72. The molecular formula is C11H21F3O2. The standard InChI is InChI=1S/C11H21F3O2/c1-2-6-10(15)7-4-3-5-8-16-9-11(12,13)14/h10,15H,2-9H2,1H3. The van der Waals surface area contributed by atoms with Gasteiger partial charge in [-0.3, -0.25) is 0 Å². The highest BCUT2D eigenvalue weighted by atomic mass is 19.4. The highest BCUT2D eigenvalue weighted by Crippen LogP contribution is 2.15. The first-order valence-electron chi connectivity index (χ1n) is 5.78.